The summed E-state index contributed by atoms with van der Waals surface area (Å²) in [5.41, 5.74) is 2.08. The van der Waals surface area contributed by atoms with Crippen molar-refractivity contribution in [2.45, 2.75) is 6.54 Å². The van der Waals surface area contributed by atoms with Crippen LogP contribution in [0.1, 0.15) is 0 Å². The smallest absolute Gasteiger partial charge is 0.244 e. The van der Waals surface area contributed by atoms with E-state index in [9.17, 15) is 9.18 Å². The number of halogens is 2. The number of para-hydroxylation sites is 2. The molecule has 1 N–H and O–H groups in total. The second kappa shape index (κ2) is 5.54. The van der Waals surface area contributed by atoms with E-state index in [0.29, 0.717) is 5.69 Å². The van der Waals surface area contributed by atoms with E-state index in [4.69, 9.17) is 11.6 Å². The van der Waals surface area contributed by atoms with E-state index in [2.05, 4.69) is 10.3 Å². The molecule has 21 heavy (non-hydrogen) atoms. The SMILES string of the molecule is O=C(Cn1cnc2ccccc21)Nc1ccc(F)cc1Cl. The number of aromatic nitrogens is 2. The first kappa shape index (κ1) is 13.6. The lowest BCUT2D eigenvalue weighted by molar-refractivity contribution is -0.116. The molecule has 2 aromatic carbocycles. The molecule has 0 saturated heterocycles. The maximum Gasteiger partial charge on any atom is 0.244 e. The summed E-state index contributed by atoms with van der Waals surface area (Å²) in [6, 6.07) is 11.4. The van der Waals surface area contributed by atoms with E-state index in [1.54, 1.807) is 10.9 Å². The Morgan fingerprint density at radius 2 is 2.10 bits per heavy atom. The third kappa shape index (κ3) is 2.87. The Kier molecular flexibility index (Phi) is 3.58. The van der Waals surface area contributed by atoms with Crippen LogP contribution in [0.5, 0.6) is 0 Å². The molecule has 0 radical (unpaired) electrons. The number of benzene rings is 2. The summed E-state index contributed by atoms with van der Waals surface area (Å²) in [6.45, 7) is 0.105. The van der Waals surface area contributed by atoms with Crippen LogP contribution in [-0.2, 0) is 11.3 Å². The molecule has 3 aromatic rings. The van der Waals surface area contributed by atoms with Gasteiger partial charge in [0.15, 0.2) is 0 Å². The average Bonchev–Trinajstić information content (AvgIpc) is 2.85. The molecule has 0 atom stereocenters. The van der Waals surface area contributed by atoms with Gasteiger partial charge < -0.3 is 9.88 Å². The number of rotatable bonds is 3. The Morgan fingerprint density at radius 1 is 1.29 bits per heavy atom. The number of carbonyl (C=O) groups is 1. The van der Waals surface area contributed by atoms with Crippen LogP contribution >= 0.6 is 11.6 Å². The van der Waals surface area contributed by atoms with Crippen molar-refractivity contribution in [3.05, 3.63) is 59.6 Å². The number of nitrogens with zero attached hydrogens (tertiary/aromatic N) is 2. The molecule has 0 spiro atoms. The Balaban J connectivity index is 1.77. The van der Waals surface area contributed by atoms with Crippen molar-refractivity contribution in [3.8, 4) is 0 Å². The second-order valence-electron chi connectivity index (χ2n) is 4.53. The lowest BCUT2D eigenvalue weighted by atomic mass is 10.3. The molecule has 0 bridgehead atoms. The summed E-state index contributed by atoms with van der Waals surface area (Å²) in [5, 5.41) is 2.82. The molecule has 3 rings (SSSR count). The van der Waals surface area contributed by atoms with Crippen LogP contribution < -0.4 is 5.32 Å². The lowest BCUT2D eigenvalue weighted by Crippen LogP contribution is -2.18. The molecular weight excluding hydrogens is 293 g/mol. The highest BCUT2D eigenvalue weighted by atomic mass is 35.5. The predicted octanol–water partition coefficient (Wildman–Crippen LogP) is 3.47. The minimum absolute atomic E-state index is 0.105. The molecule has 106 valence electrons. The summed E-state index contributed by atoms with van der Waals surface area (Å²) in [6.07, 6.45) is 1.61. The zero-order chi connectivity index (χ0) is 14.8. The quantitative estimate of drug-likeness (QED) is 0.805. The fourth-order valence-electron chi connectivity index (χ4n) is 2.07. The number of hydrogen-bond donors (Lipinski definition) is 1. The van der Waals surface area contributed by atoms with Crippen molar-refractivity contribution in [1.29, 1.82) is 0 Å². The number of hydrogen-bond acceptors (Lipinski definition) is 2. The number of carbonyl (C=O) groups excluding carboxylic acids is 1. The highest BCUT2D eigenvalue weighted by molar-refractivity contribution is 6.33. The monoisotopic (exact) mass is 303 g/mol. The predicted molar refractivity (Wildman–Crippen MR) is 79.8 cm³/mol. The van der Waals surface area contributed by atoms with Gasteiger partial charge in [-0.1, -0.05) is 23.7 Å². The topological polar surface area (TPSA) is 46.9 Å². The molecule has 0 saturated carbocycles. The molecule has 0 fully saturated rings. The molecule has 0 unspecified atom stereocenters. The number of fused-ring (bicyclic) bond motifs is 1. The number of anilines is 1. The van der Waals surface area contributed by atoms with E-state index in [1.165, 1.54) is 12.1 Å². The highest BCUT2D eigenvalue weighted by Crippen LogP contribution is 2.22. The zero-order valence-corrected chi connectivity index (χ0v) is 11.6. The maximum absolute atomic E-state index is 13.0. The van der Waals surface area contributed by atoms with Crippen molar-refractivity contribution >= 4 is 34.2 Å². The molecule has 0 aliphatic heterocycles. The summed E-state index contributed by atoms with van der Waals surface area (Å²) in [5.74, 6) is -0.703. The standard InChI is InChI=1S/C15H11ClFN3O/c16-11-7-10(17)5-6-12(11)19-15(21)8-20-9-18-13-3-1-2-4-14(13)20/h1-7,9H,8H2,(H,19,21). The third-order valence-electron chi connectivity index (χ3n) is 3.05. The van der Waals surface area contributed by atoms with Crippen molar-refractivity contribution in [1.82, 2.24) is 9.55 Å². The van der Waals surface area contributed by atoms with Gasteiger partial charge in [0.1, 0.15) is 12.4 Å². The molecule has 0 aliphatic rings. The fraction of sp³-hybridized carbons (Fsp3) is 0.0667. The third-order valence-corrected chi connectivity index (χ3v) is 3.36. The van der Waals surface area contributed by atoms with Gasteiger partial charge in [-0.3, -0.25) is 4.79 Å². The first-order valence-corrected chi connectivity index (χ1v) is 6.66. The molecule has 1 heterocycles. The van der Waals surface area contributed by atoms with Gasteiger partial charge in [-0.15, -0.1) is 0 Å². The Bertz CT molecular complexity index is 816. The minimum atomic E-state index is -0.446. The Hall–Kier alpha value is -2.40. The van der Waals surface area contributed by atoms with Crippen LogP contribution in [0, 0.1) is 5.82 Å². The van der Waals surface area contributed by atoms with Crippen LogP contribution in [0.15, 0.2) is 48.8 Å². The maximum atomic E-state index is 13.0. The largest absolute Gasteiger partial charge is 0.323 e. The van der Waals surface area contributed by atoms with Gasteiger partial charge in [0.25, 0.3) is 0 Å². The average molecular weight is 304 g/mol. The van der Waals surface area contributed by atoms with Gasteiger partial charge in [0.05, 0.1) is 28.1 Å². The van der Waals surface area contributed by atoms with E-state index in [0.717, 1.165) is 17.1 Å². The first-order chi connectivity index (χ1) is 10.1. The highest BCUT2D eigenvalue weighted by Gasteiger charge is 2.09. The molecule has 0 aliphatic carbocycles. The van der Waals surface area contributed by atoms with Gasteiger partial charge in [0, 0.05) is 0 Å². The number of nitrogens with one attached hydrogen (secondary N) is 1. The summed E-state index contributed by atoms with van der Waals surface area (Å²) < 4.78 is 14.7. The van der Waals surface area contributed by atoms with Gasteiger partial charge in [-0.2, -0.15) is 0 Å². The van der Waals surface area contributed by atoms with E-state index >= 15 is 0 Å². The zero-order valence-electron chi connectivity index (χ0n) is 10.9. The number of amides is 1. The van der Waals surface area contributed by atoms with Crippen LogP contribution in [0.3, 0.4) is 0 Å². The first-order valence-electron chi connectivity index (χ1n) is 6.28. The van der Waals surface area contributed by atoms with E-state index < -0.39 is 5.82 Å². The molecule has 6 heteroatoms. The minimum Gasteiger partial charge on any atom is -0.323 e. The van der Waals surface area contributed by atoms with Gasteiger partial charge in [-0.25, -0.2) is 9.37 Å². The Morgan fingerprint density at radius 3 is 2.90 bits per heavy atom. The second-order valence-corrected chi connectivity index (χ2v) is 4.94. The van der Waals surface area contributed by atoms with Crippen molar-refractivity contribution < 1.29 is 9.18 Å². The Labute approximate surface area is 125 Å². The number of imidazole rings is 1. The normalized spacial score (nSPS) is 10.8. The van der Waals surface area contributed by atoms with Crippen LogP contribution in [0.25, 0.3) is 11.0 Å². The fourth-order valence-corrected chi connectivity index (χ4v) is 2.29. The van der Waals surface area contributed by atoms with Crippen molar-refractivity contribution in [2.24, 2.45) is 0 Å². The van der Waals surface area contributed by atoms with Crippen molar-refractivity contribution in [2.75, 3.05) is 5.32 Å². The van der Waals surface area contributed by atoms with Crippen molar-refractivity contribution in [3.63, 3.8) is 0 Å². The molecule has 1 aromatic heterocycles. The summed E-state index contributed by atoms with van der Waals surface area (Å²) in [4.78, 5) is 16.3. The summed E-state index contributed by atoms with van der Waals surface area (Å²) >= 11 is 5.88. The van der Waals surface area contributed by atoms with Crippen LogP contribution in [0.4, 0.5) is 10.1 Å². The van der Waals surface area contributed by atoms with E-state index in [-0.39, 0.29) is 17.5 Å². The van der Waals surface area contributed by atoms with Gasteiger partial charge in [-0.05, 0) is 30.3 Å². The summed E-state index contributed by atoms with van der Waals surface area (Å²) in [7, 11) is 0. The van der Waals surface area contributed by atoms with Gasteiger partial charge in [0.2, 0.25) is 5.91 Å². The van der Waals surface area contributed by atoms with E-state index in [1.807, 2.05) is 24.3 Å². The molecule has 4 nitrogen and oxygen atoms in total. The molecular formula is C15H11ClFN3O. The van der Waals surface area contributed by atoms with Crippen LogP contribution in [0.2, 0.25) is 5.02 Å². The van der Waals surface area contributed by atoms with Gasteiger partial charge >= 0.3 is 0 Å². The lowest BCUT2D eigenvalue weighted by Gasteiger charge is -2.08. The molecule has 1 amide bonds. The van der Waals surface area contributed by atoms with Crippen LogP contribution in [-0.4, -0.2) is 15.5 Å².